The maximum absolute atomic E-state index is 15.4. The Labute approximate surface area is 198 Å². The summed E-state index contributed by atoms with van der Waals surface area (Å²) >= 11 is 0. The van der Waals surface area contributed by atoms with Gasteiger partial charge in [0.05, 0.1) is 11.3 Å². The van der Waals surface area contributed by atoms with E-state index in [1.54, 1.807) is 6.07 Å². The van der Waals surface area contributed by atoms with E-state index in [1.807, 2.05) is 19.1 Å². The zero-order chi connectivity index (χ0) is 22.9. The second-order valence-electron chi connectivity index (χ2n) is 11.0. The Morgan fingerprint density at radius 2 is 1.70 bits per heavy atom. The van der Waals surface area contributed by atoms with Gasteiger partial charge in [0.1, 0.15) is 5.82 Å². The van der Waals surface area contributed by atoms with Gasteiger partial charge in [-0.05, 0) is 80.5 Å². The summed E-state index contributed by atoms with van der Waals surface area (Å²) in [6, 6.07) is 8.01. The highest BCUT2D eigenvalue weighted by atomic mass is 19.1. The summed E-state index contributed by atoms with van der Waals surface area (Å²) in [6.45, 7) is 5.14. The van der Waals surface area contributed by atoms with Crippen molar-refractivity contribution >= 4 is 5.91 Å². The van der Waals surface area contributed by atoms with Crippen molar-refractivity contribution in [2.75, 3.05) is 0 Å². The van der Waals surface area contributed by atoms with Gasteiger partial charge in [0.25, 0.3) is 5.91 Å². The van der Waals surface area contributed by atoms with Crippen LogP contribution in [0.2, 0.25) is 0 Å². The summed E-state index contributed by atoms with van der Waals surface area (Å²) in [5.41, 5.74) is 4.29. The monoisotopic (exact) mass is 450 g/mol. The standard InChI is InChI=1S/C29H39FN2O/c1-19-15-25(19)22-13-14-24(27(30)16-22)28-17-26(29(33)31-23-11-7-4-8-12-23)20(2)32(28)18-21-9-5-3-6-10-21/h13-14,16-17,19,21,23,25H,3-12,15,18H2,1-2H3,(H,31,33)/t19-,25?/m1/s1. The van der Waals surface area contributed by atoms with Crippen LogP contribution in [-0.2, 0) is 6.54 Å². The van der Waals surface area contributed by atoms with Gasteiger partial charge >= 0.3 is 0 Å². The zero-order valence-electron chi connectivity index (χ0n) is 20.3. The molecule has 5 rings (SSSR count). The Morgan fingerprint density at radius 1 is 1.03 bits per heavy atom. The average Bonchev–Trinajstić information content (AvgIpc) is 3.48. The third-order valence-corrected chi connectivity index (χ3v) is 8.52. The molecule has 3 nitrogen and oxygen atoms in total. The lowest BCUT2D eigenvalue weighted by Gasteiger charge is -2.25. The Balaban J connectivity index is 1.47. The molecule has 1 unspecified atom stereocenters. The van der Waals surface area contributed by atoms with Crippen molar-refractivity contribution in [2.24, 2.45) is 11.8 Å². The van der Waals surface area contributed by atoms with Gasteiger partial charge in [0.15, 0.2) is 0 Å². The number of carbonyl (C=O) groups excluding carboxylic acids is 1. The highest BCUT2D eigenvalue weighted by molar-refractivity contribution is 5.97. The fourth-order valence-electron chi connectivity index (χ4n) is 6.23. The van der Waals surface area contributed by atoms with Crippen molar-refractivity contribution in [3.8, 4) is 11.3 Å². The maximum Gasteiger partial charge on any atom is 0.253 e. The molecule has 1 aromatic heterocycles. The number of carbonyl (C=O) groups is 1. The molecule has 178 valence electrons. The highest BCUT2D eigenvalue weighted by Crippen LogP contribution is 2.47. The van der Waals surface area contributed by atoms with Crippen LogP contribution in [0.4, 0.5) is 4.39 Å². The van der Waals surface area contributed by atoms with E-state index in [1.165, 1.54) is 51.4 Å². The van der Waals surface area contributed by atoms with Gasteiger partial charge in [-0.1, -0.05) is 51.5 Å². The highest BCUT2D eigenvalue weighted by Gasteiger charge is 2.34. The molecule has 2 aromatic rings. The minimum Gasteiger partial charge on any atom is -0.349 e. The lowest BCUT2D eigenvalue weighted by Crippen LogP contribution is -2.36. The van der Waals surface area contributed by atoms with Gasteiger partial charge in [-0.2, -0.15) is 0 Å². The number of rotatable bonds is 6. The predicted octanol–water partition coefficient (Wildman–Crippen LogP) is 7.37. The summed E-state index contributed by atoms with van der Waals surface area (Å²) in [4.78, 5) is 13.3. The van der Waals surface area contributed by atoms with Gasteiger partial charge in [-0.25, -0.2) is 4.39 Å². The molecule has 3 fully saturated rings. The molecule has 3 aliphatic rings. The summed E-state index contributed by atoms with van der Waals surface area (Å²) in [7, 11) is 0. The first-order chi connectivity index (χ1) is 16.0. The van der Waals surface area contributed by atoms with Gasteiger partial charge in [-0.15, -0.1) is 0 Å². The summed E-state index contributed by atoms with van der Waals surface area (Å²) in [5.74, 6) is 1.61. The van der Waals surface area contributed by atoms with E-state index in [-0.39, 0.29) is 17.8 Å². The molecule has 1 N–H and O–H groups in total. The van der Waals surface area contributed by atoms with E-state index >= 15 is 4.39 Å². The Bertz CT molecular complexity index is 997. The summed E-state index contributed by atoms with van der Waals surface area (Å²) in [6.07, 6.45) is 13.2. The SMILES string of the molecule is Cc1c(C(=O)NC2CCCCC2)cc(-c2ccc(C3C[C@H]3C)cc2F)n1CC1CCCCC1. The number of nitrogens with one attached hydrogen (secondary N) is 1. The number of aromatic nitrogens is 1. The van der Waals surface area contributed by atoms with Crippen molar-refractivity contribution < 1.29 is 9.18 Å². The number of hydrogen-bond donors (Lipinski definition) is 1. The largest absolute Gasteiger partial charge is 0.349 e. The topological polar surface area (TPSA) is 34.0 Å². The number of halogens is 1. The molecule has 0 radical (unpaired) electrons. The molecule has 0 saturated heterocycles. The van der Waals surface area contributed by atoms with Crippen LogP contribution in [0, 0.1) is 24.6 Å². The average molecular weight is 451 g/mol. The molecule has 3 aliphatic carbocycles. The van der Waals surface area contributed by atoms with Crippen LogP contribution in [0.25, 0.3) is 11.3 Å². The van der Waals surface area contributed by atoms with Crippen molar-refractivity contribution in [1.82, 2.24) is 9.88 Å². The van der Waals surface area contributed by atoms with Crippen molar-refractivity contribution in [3.05, 3.63) is 46.9 Å². The van der Waals surface area contributed by atoms with Crippen LogP contribution < -0.4 is 5.32 Å². The van der Waals surface area contributed by atoms with Gasteiger partial charge in [-0.3, -0.25) is 4.79 Å². The minimum atomic E-state index is -0.159. The molecule has 3 saturated carbocycles. The lowest BCUT2D eigenvalue weighted by molar-refractivity contribution is 0.0927. The Hall–Kier alpha value is -2.10. The van der Waals surface area contributed by atoms with Crippen LogP contribution in [0.5, 0.6) is 0 Å². The number of nitrogens with zero attached hydrogens (tertiary/aromatic N) is 1. The van der Waals surface area contributed by atoms with Gasteiger partial charge in [0.2, 0.25) is 0 Å². The van der Waals surface area contributed by atoms with Crippen LogP contribution in [0.1, 0.15) is 105 Å². The van der Waals surface area contributed by atoms with E-state index in [9.17, 15) is 4.79 Å². The number of hydrogen-bond acceptors (Lipinski definition) is 1. The summed E-state index contributed by atoms with van der Waals surface area (Å²) in [5, 5.41) is 3.28. The molecule has 33 heavy (non-hydrogen) atoms. The van der Waals surface area contributed by atoms with E-state index in [0.29, 0.717) is 28.9 Å². The smallest absolute Gasteiger partial charge is 0.253 e. The second-order valence-corrected chi connectivity index (χ2v) is 11.0. The molecular weight excluding hydrogens is 411 g/mol. The van der Waals surface area contributed by atoms with E-state index in [2.05, 4.69) is 22.9 Å². The normalized spacial score (nSPS) is 24.1. The maximum atomic E-state index is 15.4. The molecular formula is C29H39FN2O. The first-order valence-electron chi connectivity index (χ1n) is 13.3. The molecule has 4 heteroatoms. The van der Waals surface area contributed by atoms with Crippen molar-refractivity contribution in [3.63, 3.8) is 0 Å². The lowest BCUT2D eigenvalue weighted by atomic mass is 9.89. The van der Waals surface area contributed by atoms with Crippen LogP contribution >= 0.6 is 0 Å². The minimum absolute atomic E-state index is 0.00637. The van der Waals surface area contributed by atoms with E-state index < -0.39 is 0 Å². The van der Waals surface area contributed by atoms with Crippen molar-refractivity contribution in [2.45, 2.75) is 103 Å². The third kappa shape index (κ3) is 4.90. The predicted molar refractivity (Wildman–Crippen MR) is 132 cm³/mol. The Morgan fingerprint density at radius 3 is 2.33 bits per heavy atom. The molecule has 1 amide bonds. The summed E-state index contributed by atoms with van der Waals surface area (Å²) < 4.78 is 17.7. The molecule has 2 atom stereocenters. The van der Waals surface area contributed by atoms with Crippen LogP contribution in [0.3, 0.4) is 0 Å². The van der Waals surface area contributed by atoms with Gasteiger partial charge < -0.3 is 9.88 Å². The Kier molecular flexibility index (Phi) is 6.62. The van der Waals surface area contributed by atoms with Gasteiger partial charge in [0, 0.05) is 23.8 Å². The van der Waals surface area contributed by atoms with E-state index in [4.69, 9.17) is 0 Å². The first-order valence-corrected chi connectivity index (χ1v) is 13.3. The third-order valence-electron chi connectivity index (χ3n) is 8.52. The molecule has 1 heterocycles. The molecule has 0 spiro atoms. The van der Waals surface area contributed by atoms with Crippen LogP contribution in [-0.4, -0.2) is 16.5 Å². The molecule has 1 aromatic carbocycles. The first kappa shape index (κ1) is 22.7. The number of benzene rings is 1. The van der Waals surface area contributed by atoms with E-state index in [0.717, 1.165) is 42.8 Å². The molecule has 0 bridgehead atoms. The fraction of sp³-hybridized carbons (Fsp3) is 0.621. The van der Waals surface area contributed by atoms with Crippen molar-refractivity contribution in [1.29, 1.82) is 0 Å². The zero-order valence-corrected chi connectivity index (χ0v) is 20.3. The second kappa shape index (κ2) is 9.64. The number of amides is 1. The quantitative estimate of drug-likeness (QED) is 0.490. The van der Waals surface area contributed by atoms with Crippen LogP contribution in [0.15, 0.2) is 24.3 Å². The molecule has 0 aliphatic heterocycles. The fourth-order valence-corrected chi connectivity index (χ4v) is 6.23.